The Bertz CT molecular complexity index is 1170. The summed E-state index contributed by atoms with van der Waals surface area (Å²) in [4.78, 5) is 28.1. The monoisotopic (exact) mass is 516 g/mol. The molecule has 0 bridgehead atoms. The maximum Gasteiger partial charge on any atom is 0.311 e. The Balaban J connectivity index is 1.61. The van der Waals surface area contributed by atoms with Crippen molar-refractivity contribution in [2.75, 3.05) is 30.6 Å². The van der Waals surface area contributed by atoms with Gasteiger partial charge in [-0.05, 0) is 32.0 Å². The Morgan fingerprint density at radius 3 is 2.63 bits per heavy atom. The molecule has 0 saturated heterocycles. The third kappa shape index (κ3) is 8.27. The van der Waals surface area contributed by atoms with Gasteiger partial charge in [-0.15, -0.1) is 11.3 Å². The lowest BCUT2D eigenvalue weighted by atomic mass is 10.2. The molecule has 3 aromatic rings. The lowest BCUT2D eigenvalue weighted by molar-refractivity contribution is -0.142. The number of halogens is 1. The summed E-state index contributed by atoms with van der Waals surface area (Å²) in [5.41, 5.74) is 4.67. The first-order chi connectivity index (χ1) is 17.0. The molecule has 0 radical (unpaired) electrons. The second kappa shape index (κ2) is 13.3. The van der Waals surface area contributed by atoms with Gasteiger partial charge in [-0.2, -0.15) is 5.10 Å². The third-order valence-electron chi connectivity index (χ3n) is 4.33. The first-order valence-corrected chi connectivity index (χ1v) is 12.1. The summed E-state index contributed by atoms with van der Waals surface area (Å²) in [5, 5.41) is 9.56. The van der Waals surface area contributed by atoms with Crippen LogP contribution in [0.15, 0.2) is 52.9 Å². The van der Waals surface area contributed by atoms with Gasteiger partial charge in [0.05, 0.1) is 36.6 Å². The summed E-state index contributed by atoms with van der Waals surface area (Å²) < 4.78 is 16.2. The average molecular weight is 517 g/mol. The van der Waals surface area contributed by atoms with Crippen molar-refractivity contribution < 1.29 is 23.8 Å². The Hall–Kier alpha value is -3.63. The summed E-state index contributed by atoms with van der Waals surface area (Å²) in [6.07, 6.45) is 1.62. The van der Waals surface area contributed by atoms with Crippen molar-refractivity contribution in [3.05, 3.63) is 64.1 Å². The first-order valence-electron chi connectivity index (χ1n) is 10.8. The van der Waals surface area contributed by atoms with E-state index in [1.807, 2.05) is 25.1 Å². The molecule has 184 valence electrons. The summed E-state index contributed by atoms with van der Waals surface area (Å²) >= 11 is 7.71. The number of ether oxygens (including phenoxy) is 3. The molecule has 2 aromatic carbocycles. The Kier molecular flexibility index (Phi) is 9.88. The number of para-hydroxylation sites is 1. The lowest BCUT2D eigenvalue weighted by Crippen LogP contribution is -2.20. The van der Waals surface area contributed by atoms with E-state index >= 15 is 0 Å². The van der Waals surface area contributed by atoms with Crippen molar-refractivity contribution in [1.82, 2.24) is 4.98 Å². The van der Waals surface area contributed by atoms with Crippen molar-refractivity contribution in [2.45, 2.75) is 20.3 Å². The number of nitrogens with zero attached hydrogens (tertiary/aromatic N) is 2. The van der Waals surface area contributed by atoms with Gasteiger partial charge in [-0.3, -0.25) is 15.0 Å². The molecular formula is C24H25ClN4O5S. The van der Waals surface area contributed by atoms with Crippen LogP contribution in [-0.2, 0) is 20.7 Å². The van der Waals surface area contributed by atoms with Crippen LogP contribution in [-0.4, -0.2) is 42.9 Å². The number of hydrogen-bond donors (Lipinski definition) is 2. The number of thiazole rings is 1. The molecule has 0 aliphatic heterocycles. The maximum absolute atomic E-state index is 12.2. The number of aromatic nitrogens is 1. The molecule has 0 unspecified atom stereocenters. The quantitative estimate of drug-likeness (QED) is 0.203. The van der Waals surface area contributed by atoms with E-state index < -0.39 is 0 Å². The molecule has 11 heteroatoms. The van der Waals surface area contributed by atoms with Crippen molar-refractivity contribution >= 4 is 51.8 Å². The number of esters is 1. The zero-order valence-electron chi connectivity index (χ0n) is 19.2. The second-order valence-corrected chi connectivity index (χ2v) is 8.22. The molecule has 2 N–H and O–H groups in total. The minimum Gasteiger partial charge on any atom is -0.490 e. The van der Waals surface area contributed by atoms with Crippen LogP contribution in [0.1, 0.15) is 25.1 Å². The molecule has 3 rings (SSSR count). The fourth-order valence-electron chi connectivity index (χ4n) is 2.85. The second-order valence-electron chi connectivity index (χ2n) is 6.95. The van der Waals surface area contributed by atoms with E-state index in [1.165, 1.54) is 17.6 Å². The van der Waals surface area contributed by atoms with Gasteiger partial charge in [0.1, 0.15) is 0 Å². The van der Waals surface area contributed by atoms with Gasteiger partial charge in [0.2, 0.25) is 5.13 Å². The molecular weight excluding hydrogens is 492 g/mol. The minimum absolute atomic E-state index is 0.101. The highest BCUT2D eigenvalue weighted by molar-refractivity contribution is 7.13. The number of amides is 1. The van der Waals surface area contributed by atoms with Gasteiger partial charge >= 0.3 is 5.97 Å². The fourth-order valence-corrected chi connectivity index (χ4v) is 3.71. The highest BCUT2D eigenvalue weighted by Crippen LogP contribution is 2.33. The molecule has 0 spiro atoms. The molecule has 35 heavy (non-hydrogen) atoms. The van der Waals surface area contributed by atoms with Crippen LogP contribution in [0.3, 0.4) is 0 Å². The summed E-state index contributed by atoms with van der Waals surface area (Å²) in [5.74, 6) is 0.129. The molecule has 1 amide bonds. The predicted molar refractivity (Wildman–Crippen MR) is 137 cm³/mol. The summed E-state index contributed by atoms with van der Waals surface area (Å²) in [6.45, 7) is 4.10. The van der Waals surface area contributed by atoms with Crippen LogP contribution in [0.2, 0.25) is 5.02 Å². The van der Waals surface area contributed by atoms with Crippen molar-refractivity contribution in [3.63, 3.8) is 0 Å². The zero-order valence-corrected chi connectivity index (χ0v) is 20.8. The minimum atomic E-state index is -0.331. The molecule has 9 nitrogen and oxygen atoms in total. The van der Waals surface area contributed by atoms with E-state index in [9.17, 15) is 9.59 Å². The van der Waals surface area contributed by atoms with Gasteiger partial charge in [-0.1, -0.05) is 29.8 Å². The highest BCUT2D eigenvalue weighted by atomic mass is 35.5. The zero-order chi connectivity index (χ0) is 25.0. The number of hydrogen-bond acceptors (Lipinski definition) is 9. The SMILES string of the molecule is CCOC(=O)Cc1csc(NN=Cc2cc(OCC)c(OCC(=O)Nc3ccccc3)cc2Cl)n1. The number of hydrazone groups is 1. The molecule has 0 aliphatic carbocycles. The first kappa shape index (κ1) is 26.0. The third-order valence-corrected chi connectivity index (χ3v) is 5.45. The van der Waals surface area contributed by atoms with Crippen molar-refractivity contribution in [1.29, 1.82) is 0 Å². The molecule has 1 aromatic heterocycles. The number of nitrogens with one attached hydrogen (secondary N) is 2. The standard InChI is InChI=1S/C24H25ClN4O5S/c1-3-32-20-10-16(13-26-29-24-28-18(15-35-24)11-23(31)33-4-2)19(25)12-21(20)34-14-22(30)27-17-8-6-5-7-9-17/h5-10,12-13,15H,3-4,11,14H2,1-2H3,(H,27,30)(H,28,29). The lowest BCUT2D eigenvalue weighted by Gasteiger charge is -2.13. The van der Waals surface area contributed by atoms with E-state index in [-0.39, 0.29) is 24.9 Å². The van der Waals surface area contributed by atoms with Gasteiger partial charge in [0.25, 0.3) is 5.91 Å². The fraction of sp³-hybridized carbons (Fsp3) is 0.250. The maximum atomic E-state index is 12.2. The van der Waals surface area contributed by atoms with Crippen molar-refractivity contribution in [3.8, 4) is 11.5 Å². The van der Waals surface area contributed by atoms with Crippen LogP contribution < -0.4 is 20.2 Å². The predicted octanol–water partition coefficient (Wildman–Crippen LogP) is 4.76. The van der Waals surface area contributed by atoms with Gasteiger partial charge in [0, 0.05) is 22.7 Å². The summed E-state index contributed by atoms with van der Waals surface area (Å²) in [7, 11) is 0. The van der Waals surface area contributed by atoms with Gasteiger partial charge < -0.3 is 19.5 Å². The van der Waals surface area contributed by atoms with Crippen LogP contribution >= 0.6 is 22.9 Å². The summed E-state index contributed by atoms with van der Waals surface area (Å²) in [6, 6.07) is 12.3. The van der Waals surface area contributed by atoms with Crippen molar-refractivity contribution in [2.24, 2.45) is 5.10 Å². The number of anilines is 2. The van der Waals surface area contributed by atoms with E-state index in [1.54, 1.807) is 36.6 Å². The smallest absolute Gasteiger partial charge is 0.311 e. The Morgan fingerprint density at radius 1 is 1.11 bits per heavy atom. The van der Waals surface area contributed by atoms with Gasteiger partial charge in [-0.25, -0.2) is 4.98 Å². The normalized spacial score (nSPS) is 10.7. The van der Waals surface area contributed by atoms with E-state index in [0.29, 0.717) is 51.8 Å². The average Bonchev–Trinajstić information content (AvgIpc) is 3.27. The van der Waals surface area contributed by atoms with Crippen LogP contribution in [0.25, 0.3) is 0 Å². The van der Waals surface area contributed by atoms with E-state index in [0.717, 1.165) is 0 Å². The van der Waals surface area contributed by atoms with Crippen LogP contribution in [0.4, 0.5) is 10.8 Å². The molecule has 0 saturated carbocycles. The molecule has 0 fully saturated rings. The number of rotatable bonds is 12. The number of carbonyl (C=O) groups is 2. The van der Waals surface area contributed by atoms with E-state index in [4.69, 9.17) is 25.8 Å². The Labute approximate surface area is 212 Å². The highest BCUT2D eigenvalue weighted by Gasteiger charge is 2.13. The topological polar surface area (TPSA) is 111 Å². The van der Waals surface area contributed by atoms with Crippen LogP contribution in [0.5, 0.6) is 11.5 Å². The molecule has 1 heterocycles. The largest absolute Gasteiger partial charge is 0.490 e. The molecule has 0 atom stereocenters. The van der Waals surface area contributed by atoms with E-state index in [2.05, 4.69) is 20.8 Å². The Morgan fingerprint density at radius 2 is 1.89 bits per heavy atom. The molecule has 0 aliphatic rings. The van der Waals surface area contributed by atoms with Crippen LogP contribution in [0, 0.1) is 0 Å². The number of benzene rings is 2. The van der Waals surface area contributed by atoms with Gasteiger partial charge in [0.15, 0.2) is 18.1 Å². The number of carbonyl (C=O) groups excluding carboxylic acids is 2.